The number of carbonyl (C=O) groups is 2. The molecule has 4 rings (SSSR count). The van der Waals surface area contributed by atoms with Crippen LogP contribution in [0.3, 0.4) is 0 Å². The zero-order chi connectivity index (χ0) is 18.1. The standard InChI is InChI=1S/C17H17ClN4O4/c18-12-3-1-2-11(6-12)15-7-14(26-20-15)8-19-16(23)21-4-5-22-13(9-21)10-25-17(22)24/h1-3,6-7,13H,4-5,8-10H2,(H,19,23). The van der Waals surface area contributed by atoms with E-state index in [0.717, 1.165) is 5.56 Å². The molecule has 26 heavy (non-hydrogen) atoms. The highest BCUT2D eigenvalue weighted by molar-refractivity contribution is 6.30. The number of nitrogens with zero attached hydrogens (tertiary/aromatic N) is 3. The molecule has 3 heterocycles. The van der Waals surface area contributed by atoms with Gasteiger partial charge >= 0.3 is 12.1 Å². The number of benzene rings is 1. The van der Waals surface area contributed by atoms with Gasteiger partial charge in [-0.3, -0.25) is 4.90 Å². The largest absolute Gasteiger partial charge is 0.447 e. The van der Waals surface area contributed by atoms with Crippen LogP contribution in [0.5, 0.6) is 0 Å². The first kappa shape index (κ1) is 16.7. The predicted molar refractivity (Wildman–Crippen MR) is 92.6 cm³/mol. The van der Waals surface area contributed by atoms with Gasteiger partial charge in [-0.2, -0.15) is 0 Å². The maximum absolute atomic E-state index is 12.4. The van der Waals surface area contributed by atoms with Crippen LogP contribution >= 0.6 is 11.6 Å². The molecule has 0 radical (unpaired) electrons. The summed E-state index contributed by atoms with van der Waals surface area (Å²) >= 11 is 5.98. The Bertz CT molecular complexity index is 840. The maximum Gasteiger partial charge on any atom is 0.410 e. The lowest BCUT2D eigenvalue weighted by atomic mass is 10.1. The van der Waals surface area contributed by atoms with Crippen LogP contribution in [-0.2, 0) is 11.3 Å². The van der Waals surface area contributed by atoms with Gasteiger partial charge in [-0.05, 0) is 12.1 Å². The number of piperazine rings is 1. The highest BCUT2D eigenvalue weighted by Gasteiger charge is 2.38. The van der Waals surface area contributed by atoms with E-state index in [-0.39, 0.29) is 24.7 Å². The fraction of sp³-hybridized carbons (Fsp3) is 0.353. The number of cyclic esters (lactones) is 1. The molecule has 136 valence electrons. The van der Waals surface area contributed by atoms with Gasteiger partial charge in [0.25, 0.3) is 0 Å². The summed E-state index contributed by atoms with van der Waals surface area (Å²) in [7, 11) is 0. The number of hydrogen-bond acceptors (Lipinski definition) is 5. The molecule has 0 bridgehead atoms. The van der Waals surface area contributed by atoms with Crippen LogP contribution in [0.1, 0.15) is 5.76 Å². The topological polar surface area (TPSA) is 87.9 Å². The van der Waals surface area contributed by atoms with E-state index in [9.17, 15) is 9.59 Å². The zero-order valence-corrected chi connectivity index (χ0v) is 14.6. The molecule has 1 aromatic heterocycles. The highest BCUT2D eigenvalue weighted by Crippen LogP contribution is 2.22. The van der Waals surface area contributed by atoms with Gasteiger partial charge in [0.2, 0.25) is 0 Å². The molecule has 0 aliphatic carbocycles. The maximum atomic E-state index is 12.4. The summed E-state index contributed by atoms with van der Waals surface area (Å²) < 4.78 is 10.3. The summed E-state index contributed by atoms with van der Waals surface area (Å²) in [5.74, 6) is 0.548. The van der Waals surface area contributed by atoms with E-state index in [1.54, 1.807) is 28.0 Å². The SMILES string of the molecule is O=C(NCc1cc(-c2cccc(Cl)c2)no1)N1CCN2C(=O)OCC2C1. The summed E-state index contributed by atoms with van der Waals surface area (Å²) in [6.45, 7) is 1.97. The van der Waals surface area contributed by atoms with Crippen molar-refractivity contribution in [1.82, 2.24) is 20.3 Å². The molecule has 2 fully saturated rings. The number of carbonyl (C=O) groups excluding carboxylic acids is 2. The fourth-order valence-electron chi connectivity index (χ4n) is 3.13. The number of rotatable bonds is 3. The van der Waals surface area contributed by atoms with Gasteiger partial charge in [-0.25, -0.2) is 9.59 Å². The number of halogens is 1. The number of aromatic nitrogens is 1. The third-order valence-corrected chi connectivity index (χ3v) is 4.73. The van der Waals surface area contributed by atoms with Crippen molar-refractivity contribution >= 4 is 23.7 Å². The molecule has 8 nitrogen and oxygen atoms in total. The smallest absolute Gasteiger partial charge is 0.410 e. The molecular formula is C17H17ClN4O4. The van der Waals surface area contributed by atoms with E-state index < -0.39 is 0 Å². The number of amides is 3. The van der Waals surface area contributed by atoms with Crippen molar-refractivity contribution in [2.24, 2.45) is 0 Å². The molecule has 2 aliphatic rings. The molecular weight excluding hydrogens is 360 g/mol. The van der Waals surface area contributed by atoms with Crippen LogP contribution in [0.2, 0.25) is 5.02 Å². The molecule has 3 amide bonds. The van der Waals surface area contributed by atoms with Gasteiger partial charge < -0.3 is 19.5 Å². The lowest BCUT2D eigenvalue weighted by molar-refractivity contribution is 0.126. The minimum Gasteiger partial charge on any atom is -0.447 e. The van der Waals surface area contributed by atoms with Crippen molar-refractivity contribution in [2.75, 3.05) is 26.2 Å². The third-order valence-electron chi connectivity index (χ3n) is 4.50. The second-order valence-corrected chi connectivity index (χ2v) is 6.65. The molecule has 2 aliphatic heterocycles. The molecule has 2 saturated heterocycles. The molecule has 1 N–H and O–H groups in total. The summed E-state index contributed by atoms with van der Waals surface area (Å²) in [5.41, 5.74) is 1.51. The molecule has 1 aromatic carbocycles. The molecule has 2 aromatic rings. The summed E-state index contributed by atoms with van der Waals surface area (Å²) in [6, 6.07) is 8.81. The Balaban J connectivity index is 1.33. The first-order valence-corrected chi connectivity index (χ1v) is 8.65. The molecule has 1 unspecified atom stereocenters. The number of ether oxygens (including phenoxy) is 1. The second-order valence-electron chi connectivity index (χ2n) is 6.22. The van der Waals surface area contributed by atoms with E-state index in [0.29, 0.717) is 42.7 Å². The minimum atomic E-state index is -0.301. The molecule has 9 heteroatoms. The van der Waals surface area contributed by atoms with Gasteiger partial charge in [-0.15, -0.1) is 0 Å². The first-order valence-electron chi connectivity index (χ1n) is 8.28. The number of hydrogen-bond donors (Lipinski definition) is 1. The average molecular weight is 377 g/mol. The predicted octanol–water partition coefficient (Wildman–Crippen LogP) is 2.34. The van der Waals surface area contributed by atoms with Crippen molar-refractivity contribution in [2.45, 2.75) is 12.6 Å². The summed E-state index contributed by atoms with van der Waals surface area (Å²) in [5, 5.41) is 7.45. The van der Waals surface area contributed by atoms with Crippen LogP contribution in [0.25, 0.3) is 11.3 Å². The van der Waals surface area contributed by atoms with Crippen molar-refractivity contribution in [3.8, 4) is 11.3 Å². The summed E-state index contributed by atoms with van der Waals surface area (Å²) in [4.78, 5) is 27.2. The second kappa shape index (κ2) is 6.87. The van der Waals surface area contributed by atoms with Gasteiger partial charge in [-0.1, -0.05) is 28.9 Å². The molecule has 0 spiro atoms. The summed E-state index contributed by atoms with van der Waals surface area (Å²) in [6.07, 6.45) is -0.301. The lowest BCUT2D eigenvalue weighted by Crippen LogP contribution is -2.55. The van der Waals surface area contributed by atoms with Crippen LogP contribution in [0.15, 0.2) is 34.9 Å². The monoisotopic (exact) mass is 376 g/mol. The van der Waals surface area contributed by atoms with Gasteiger partial charge in [0.1, 0.15) is 12.3 Å². The van der Waals surface area contributed by atoms with Gasteiger partial charge in [0.15, 0.2) is 5.76 Å². The van der Waals surface area contributed by atoms with E-state index >= 15 is 0 Å². The van der Waals surface area contributed by atoms with Crippen molar-refractivity contribution in [1.29, 1.82) is 0 Å². The Morgan fingerprint density at radius 3 is 3.08 bits per heavy atom. The Kier molecular flexibility index (Phi) is 4.42. The van der Waals surface area contributed by atoms with Crippen LogP contribution in [0.4, 0.5) is 9.59 Å². The Morgan fingerprint density at radius 2 is 2.23 bits per heavy atom. The van der Waals surface area contributed by atoms with E-state index in [2.05, 4.69) is 10.5 Å². The third kappa shape index (κ3) is 3.32. The highest BCUT2D eigenvalue weighted by atomic mass is 35.5. The normalized spacial score (nSPS) is 19.3. The Hall–Kier alpha value is -2.74. The van der Waals surface area contributed by atoms with Crippen LogP contribution in [-0.4, -0.2) is 59.4 Å². The number of nitrogens with one attached hydrogen (secondary N) is 1. The van der Waals surface area contributed by atoms with Crippen LogP contribution in [0, 0.1) is 0 Å². The van der Waals surface area contributed by atoms with Crippen molar-refractivity contribution in [3.63, 3.8) is 0 Å². The Labute approximate surface area is 154 Å². The Morgan fingerprint density at radius 1 is 1.35 bits per heavy atom. The zero-order valence-electron chi connectivity index (χ0n) is 13.9. The molecule has 0 saturated carbocycles. The van der Waals surface area contributed by atoms with Gasteiger partial charge in [0.05, 0.1) is 12.6 Å². The average Bonchev–Trinajstić information content (AvgIpc) is 3.26. The van der Waals surface area contributed by atoms with Crippen molar-refractivity contribution in [3.05, 3.63) is 41.1 Å². The number of fused-ring (bicyclic) bond motifs is 1. The fourth-order valence-corrected chi connectivity index (χ4v) is 3.32. The van der Waals surface area contributed by atoms with E-state index in [1.165, 1.54) is 0 Å². The van der Waals surface area contributed by atoms with Gasteiger partial charge in [0, 0.05) is 36.3 Å². The van der Waals surface area contributed by atoms with E-state index in [1.807, 2.05) is 12.1 Å². The first-order chi connectivity index (χ1) is 12.6. The quantitative estimate of drug-likeness (QED) is 0.888. The number of urea groups is 1. The van der Waals surface area contributed by atoms with E-state index in [4.69, 9.17) is 20.9 Å². The van der Waals surface area contributed by atoms with Crippen LogP contribution < -0.4 is 5.32 Å². The lowest BCUT2D eigenvalue weighted by Gasteiger charge is -2.35. The van der Waals surface area contributed by atoms with Crippen molar-refractivity contribution < 1.29 is 18.8 Å². The minimum absolute atomic E-state index is 0.0679. The molecule has 1 atom stereocenters.